The van der Waals surface area contributed by atoms with Crippen molar-refractivity contribution in [2.24, 2.45) is 0 Å². The average Bonchev–Trinajstić information content (AvgIpc) is 2.81. The van der Waals surface area contributed by atoms with Gasteiger partial charge >= 0.3 is 0 Å². The van der Waals surface area contributed by atoms with Crippen molar-refractivity contribution < 1.29 is 0 Å². The molecule has 0 atom stereocenters. The van der Waals surface area contributed by atoms with Crippen LogP contribution in [0.1, 0.15) is 0 Å². The zero-order valence-electron chi connectivity index (χ0n) is 10.9. The Balaban J connectivity index is 1.76. The molecule has 2 N–H and O–H groups in total. The van der Waals surface area contributed by atoms with Crippen LogP contribution in [0, 0.1) is 0 Å². The maximum absolute atomic E-state index is 6.11. The summed E-state index contributed by atoms with van der Waals surface area (Å²) in [7, 11) is 0. The molecule has 0 saturated carbocycles. The number of rotatable bonds is 2. The number of nitrogens with one attached hydrogen (secondary N) is 2. The molecule has 0 saturated heterocycles. The lowest BCUT2D eigenvalue weighted by Gasteiger charge is -2.09. The van der Waals surface area contributed by atoms with Gasteiger partial charge in [0.05, 0.1) is 9.72 Å². The van der Waals surface area contributed by atoms with Crippen molar-refractivity contribution in [1.29, 1.82) is 0 Å². The van der Waals surface area contributed by atoms with E-state index in [0.717, 1.165) is 10.2 Å². The molecule has 1 heterocycles. The molecule has 0 amide bonds. The topological polar surface area (TPSA) is 37.0 Å². The minimum atomic E-state index is 0.397. The molecule has 0 aliphatic carbocycles. The second-order valence-electron chi connectivity index (χ2n) is 4.34. The van der Waals surface area contributed by atoms with Crippen LogP contribution in [0.4, 0.5) is 10.8 Å². The van der Waals surface area contributed by atoms with Gasteiger partial charge in [0.1, 0.15) is 5.52 Å². The zero-order chi connectivity index (χ0) is 15.7. The van der Waals surface area contributed by atoms with E-state index in [-0.39, 0.29) is 0 Å². The van der Waals surface area contributed by atoms with Crippen molar-refractivity contribution in [1.82, 2.24) is 4.98 Å². The lowest BCUT2D eigenvalue weighted by Crippen LogP contribution is -2.18. The van der Waals surface area contributed by atoms with Gasteiger partial charge in [0.2, 0.25) is 0 Å². The molecule has 3 rings (SSSR count). The van der Waals surface area contributed by atoms with Crippen LogP contribution in [0.5, 0.6) is 0 Å². The number of benzene rings is 2. The number of para-hydroxylation sites is 1. The Morgan fingerprint density at radius 2 is 1.77 bits per heavy atom. The minimum Gasteiger partial charge on any atom is -0.332 e. The number of thiazole rings is 1. The fourth-order valence-corrected chi connectivity index (χ4v) is 3.83. The highest BCUT2D eigenvalue weighted by Crippen LogP contribution is 2.30. The van der Waals surface area contributed by atoms with Gasteiger partial charge in [0.25, 0.3) is 0 Å². The lowest BCUT2D eigenvalue weighted by molar-refractivity contribution is 1.47. The fourth-order valence-electron chi connectivity index (χ4n) is 1.85. The van der Waals surface area contributed by atoms with Gasteiger partial charge in [-0.25, -0.2) is 4.98 Å². The van der Waals surface area contributed by atoms with Crippen LogP contribution in [0.25, 0.3) is 10.2 Å². The number of hydrogen-bond donors (Lipinski definition) is 2. The largest absolute Gasteiger partial charge is 0.332 e. The molecule has 0 fully saturated rings. The quantitative estimate of drug-likeness (QED) is 0.523. The highest BCUT2D eigenvalue weighted by Gasteiger charge is 2.08. The summed E-state index contributed by atoms with van der Waals surface area (Å²) in [5.41, 5.74) is 1.46. The monoisotopic (exact) mass is 387 g/mol. The first kappa shape index (κ1) is 15.8. The second kappa shape index (κ2) is 6.56. The fraction of sp³-hybridized carbons (Fsp3) is 0. The predicted octanol–water partition coefficient (Wildman–Crippen LogP) is 6.07. The molecule has 1 aromatic heterocycles. The van der Waals surface area contributed by atoms with Gasteiger partial charge < -0.3 is 10.6 Å². The third-order valence-corrected chi connectivity index (χ3v) is 4.59. The minimum absolute atomic E-state index is 0.397. The maximum atomic E-state index is 6.11. The van der Waals surface area contributed by atoms with Crippen molar-refractivity contribution in [2.75, 3.05) is 10.6 Å². The first-order chi connectivity index (χ1) is 10.5. The lowest BCUT2D eigenvalue weighted by atomic mass is 10.3. The summed E-state index contributed by atoms with van der Waals surface area (Å²) in [6, 6.07) is 10.8. The molecule has 3 nitrogen and oxygen atoms in total. The summed E-state index contributed by atoms with van der Waals surface area (Å²) in [6.45, 7) is 0. The summed E-state index contributed by atoms with van der Waals surface area (Å²) < 4.78 is 0.989. The molecule has 22 heavy (non-hydrogen) atoms. The molecule has 8 heteroatoms. The number of aromatic nitrogens is 1. The van der Waals surface area contributed by atoms with E-state index in [0.29, 0.717) is 31.0 Å². The van der Waals surface area contributed by atoms with E-state index in [2.05, 4.69) is 15.6 Å². The molecular formula is C14H8Cl3N3S2. The summed E-state index contributed by atoms with van der Waals surface area (Å²) >= 11 is 24.8. The third kappa shape index (κ3) is 3.62. The van der Waals surface area contributed by atoms with Crippen molar-refractivity contribution in [3.05, 3.63) is 51.5 Å². The van der Waals surface area contributed by atoms with E-state index in [1.54, 1.807) is 24.3 Å². The summed E-state index contributed by atoms with van der Waals surface area (Å²) in [5, 5.41) is 8.78. The number of halogens is 3. The van der Waals surface area contributed by atoms with Crippen molar-refractivity contribution in [3.8, 4) is 0 Å². The van der Waals surface area contributed by atoms with Gasteiger partial charge in [-0.3, -0.25) is 0 Å². The highest BCUT2D eigenvalue weighted by molar-refractivity contribution is 7.80. The molecule has 0 spiro atoms. The Kier molecular flexibility index (Phi) is 4.70. The smallest absolute Gasteiger partial charge is 0.190 e. The molecule has 0 unspecified atom stereocenters. The normalized spacial score (nSPS) is 10.7. The van der Waals surface area contributed by atoms with Gasteiger partial charge in [-0.2, -0.15) is 0 Å². The van der Waals surface area contributed by atoms with Crippen LogP contribution in [-0.2, 0) is 0 Å². The van der Waals surface area contributed by atoms with Crippen LogP contribution >= 0.6 is 58.4 Å². The van der Waals surface area contributed by atoms with Crippen LogP contribution in [-0.4, -0.2) is 10.1 Å². The number of anilines is 2. The van der Waals surface area contributed by atoms with Gasteiger partial charge in [-0.1, -0.05) is 52.2 Å². The molecule has 2 aromatic carbocycles. The van der Waals surface area contributed by atoms with Gasteiger partial charge in [-0.05, 0) is 42.5 Å². The molecule has 3 aromatic rings. The third-order valence-electron chi connectivity index (χ3n) is 2.71. The number of fused-ring (bicyclic) bond motifs is 1. The van der Waals surface area contributed by atoms with Gasteiger partial charge in [0, 0.05) is 15.7 Å². The van der Waals surface area contributed by atoms with E-state index >= 15 is 0 Å². The first-order valence-corrected chi connectivity index (χ1v) is 8.46. The molecule has 112 valence electrons. The van der Waals surface area contributed by atoms with Crippen molar-refractivity contribution in [3.63, 3.8) is 0 Å². The Bertz CT molecular complexity index is 843. The van der Waals surface area contributed by atoms with E-state index in [1.165, 1.54) is 11.3 Å². The average molecular weight is 389 g/mol. The Morgan fingerprint density at radius 3 is 2.45 bits per heavy atom. The van der Waals surface area contributed by atoms with Gasteiger partial charge in [-0.15, -0.1) is 0 Å². The van der Waals surface area contributed by atoms with Crippen LogP contribution in [0.3, 0.4) is 0 Å². The predicted molar refractivity (Wildman–Crippen MR) is 101 cm³/mol. The van der Waals surface area contributed by atoms with Crippen LogP contribution in [0.15, 0.2) is 36.4 Å². The van der Waals surface area contributed by atoms with Crippen LogP contribution < -0.4 is 10.6 Å². The number of nitrogens with zero attached hydrogens (tertiary/aromatic N) is 1. The summed E-state index contributed by atoms with van der Waals surface area (Å²) in [4.78, 5) is 4.42. The zero-order valence-corrected chi connectivity index (χ0v) is 14.8. The molecule has 0 aliphatic heterocycles. The standard InChI is InChI=1S/C14H8Cl3N3S2/c15-7-4-8(16)6-9(5-7)18-13(21)20-14-19-12-10(17)2-1-3-11(12)22-14/h1-6H,(H2,18,19,20,21). The number of hydrogen-bond acceptors (Lipinski definition) is 3. The van der Waals surface area contributed by atoms with E-state index < -0.39 is 0 Å². The second-order valence-corrected chi connectivity index (χ2v) is 7.06. The Labute approximate surface area is 151 Å². The van der Waals surface area contributed by atoms with E-state index in [4.69, 9.17) is 47.0 Å². The van der Waals surface area contributed by atoms with Crippen molar-refractivity contribution in [2.45, 2.75) is 0 Å². The molecule has 0 aliphatic rings. The summed E-state index contributed by atoms with van der Waals surface area (Å²) in [5.74, 6) is 0. The van der Waals surface area contributed by atoms with Crippen molar-refractivity contribution >= 4 is 84.5 Å². The Hall–Kier alpha value is -1.11. The number of thiocarbonyl (C=S) groups is 1. The summed E-state index contributed by atoms with van der Waals surface area (Å²) in [6.07, 6.45) is 0. The van der Waals surface area contributed by atoms with Crippen LogP contribution in [0.2, 0.25) is 15.1 Å². The maximum Gasteiger partial charge on any atom is 0.190 e. The van der Waals surface area contributed by atoms with E-state index in [1.807, 2.05) is 12.1 Å². The Morgan fingerprint density at radius 1 is 1.05 bits per heavy atom. The molecule has 0 radical (unpaired) electrons. The first-order valence-electron chi connectivity index (χ1n) is 6.10. The SMILES string of the molecule is S=C(Nc1cc(Cl)cc(Cl)c1)Nc1nc2c(Cl)cccc2s1. The highest BCUT2D eigenvalue weighted by atomic mass is 35.5. The van der Waals surface area contributed by atoms with Gasteiger partial charge in [0.15, 0.2) is 10.2 Å². The molecular weight excluding hydrogens is 381 g/mol. The van der Waals surface area contributed by atoms with E-state index in [9.17, 15) is 0 Å². The molecule has 0 bridgehead atoms.